The lowest BCUT2D eigenvalue weighted by Crippen LogP contribution is -2.29. The van der Waals surface area contributed by atoms with Gasteiger partial charge in [0, 0.05) is 6.54 Å². The van der Waals surface area contributed by atoms with E-state index in [2.05, 4.69) is 33.0 Å². The Hall–Kier alpha value is -1.55. The molecule has 0 aliphatic rings. The Bertz CT molecular complexity index is 478. The summed E-state index contributed by atoms with van der Waals surface area (Å²) in [6.07, 6.45) is 1.73. The molecule has 1 amide bonds. The van der Waals surface area contributed by atoms with E-state index in [1.165, 1.54) is 0 Å². The monoisotopic (exact) mass is 292 g/mol. The van der Waals surface area contributed by atoms with Crippen LogP contribution in [0.5, 0.6) is 5.75 Å². The lowest BCUT2D eigenvalue weighted by atomic mass is 9.86. The Morgan fingerprint density at radius 3 is 2.52 bits per heavy atom. The van der Waals surface area contributed by atoms with Gasteiger partial charge >= 0.3 is 0 Å². The molecule has 1 unspecified atom stereocenters. The SMILES string of the molecule is CCCC(CN)C(=O)Nc1cc(C(C)(C)C)ccc1OC. The zero-order valence-electron chi connectivity index (χ0n) is 13.8. The van der Waals surface area contributed by atoms with Gasteiger partial charge in [-0.25, -0.2) is 0 Å². The van der Waals surface area contributed by atoms with E-state index in [9.17, 15) is 4.79 Å². The first-order valence-corrected chi connectivity index (χ1v) is 7.53. The molecule has 0 radical (unpaired) electrons. The number of carbonyl (C=O) groups is 1. The summed E-state index contributed by atoms with van der Waals surface area (Å²) in [6, 6.07) is 5.91. The van der Waals surface area contributed by atoms with Crippen molar-refractivity contribution >= 4 is 11.6 Å². The Morgan fingerprint density at radius 1 is 1.38 bits per heavy atom. The van der Waals surface area contributed by atoms with Crippen molar-refractivity contribution in [2.45, 2.75) is 46.0 Å². The van der Waals surface area contributed by atoms with E-state index < -0.39 is 0 Å². The predicted molar refractivity (Wildman–Crippen MR) is 87.8 cm³/mol. The van der Waals surface area contributed by atoms with Crippen molar-refractivity contribution < 1.29 is 9.53 Å². The molecule has 4 heteroatoms. The second-order valence-corrected chi connectivity index (χ2v) is 6.38. The molecule has 1 rings (SSSR count). The molecular weight excluding hydrogens is 264 g/mol. The zero-order chi connectivity index (χ0) is 16.0. The minimum atomic E-state index is -0.155. The number of benzene rings is 1. The van der Waals surface area contributed by atoms with Crippen molar-refractivity contribution in [1.82, 2.24) is 0 Å². The summed E-state index contributed by atoms with van der Waals surface area (Å²) in [4.78, 5) is 12.3. The van der Waals surface area contributed by atoms with Crippen molar-refractivity contribution in [3.05, 3.63) is 23.8 Å². The Balaban J connectivity index is 3.02. The molecule has 118 valence electrons. The van der Waals surface area contributed by atoms with Crippen LogP contribution < -0.4 is 15.8 Å². The van der Waals surface area contributed by atoms with Crippen molar-refractivity contribution in [3.63, 3.8) is 0 Å². The number of carbonyl (C=O) groups excluding carboxylic acids is 1. The minimum absolute atomic E-state index is 0.0163. The van der Waals surface area contributed by atoms with Gasteiger partial charge in [-0.05, 0) is 29.5 Å². The molecule has 0 aromatic heterocycles. The third-order valence-corrected chi connectivity index (χ3v) is 3.62. The van der Waals surface area contributed by atoms with Crippen LogP contribution in [0.3, 0.4) is 0 Å². The van der Waals surface area contributed by atoms with Gasteiger partial charge in [0.2, 0.25) is 5.91 Å². The highest BCUT2D eigenvalue weighted by Crippen LogP contribution is 2.31. The first-order chi connectivity index (χ1) is 9.83. The maximum Gasteiger partial charge on any atom is 0.228 e. The lowest BCUT2D eigenvalue weighted by Gasteiger charge is -2.22. The zero-order valence-corrected chi connectivity index (χ0v) is 13.8. The lowest BCUT2D eigenvalue weighted by molar-refractivity contribution is -0.119. The van der Waals surface area contributed by atoms with E-state index in [0.29, 0.717) is 18.0 Å². The van der Waals surface area contributed by atoms with Gasteiger partial charge in [-0.1, -0.05) is 40.2 Å². The Morgan fingerprint density at radius 2 is 2.05 bits per heavy atom. The number of anilines is 1. The fourth-order valence-corrected chi connectivity index (χ4v) is 2.21. The maximum absolute atomic E-state index is 12.3. The van der Waals surface area contributed by atoms with Gasteiger partial charge in [-0.2, -0.15) is 0 Å². The summed E-state index contributed by atoms with van der Waals surface area (Å²) in [7, 11) is 1.61. The van der Waals surface area contributed by atoms with Crippen LogP contribution in [0.2, 0.25) is 0 Å². The van der Waals surface area contributed by atoms with Gasteiger partial charge in [-0.15, -0.1) is 0 Å². The van der Waals surface area contributed by atoms with Gasteiger partial charge in [0.25, 0.3) is 0 Å². The molecule has 0 saturated carbocycles. The van der Waals surface area contributed by atoms with Crippen LogP contribution in [0.15, 0.2) is 18.2 Å². The molecule has 0 aliphatic heterocycles. The fourth-order valence-electron chi connectivity index (χ4n) is 2.21. The molecule has 4 nitrogen and oxygen atoms in total. The van der Waals surface area contributed by atoms with Crippen LogP contribution in [0.4, 0.5) is 5.69 Å². The number of nitrogens with one attached hydrogen (secondary N) is 1. The molecule has 0 fully saturated rings. The number of hydrogen-bond acceptors (Lipinski definition) is 3. The smallest absolute Gasteiger partial charge is 0.228 e. The van der Waals surface area contributed by atoms with E-state index in [4.69, 9.17) is 10.5 Å². The standard InChI is InChI=1S/C17H28N2O2/c1-6-7-12(11-18)16(20)19-14-10-13(17(2,3)4)8-9-15(14)21-5/h8-10,12H,6-7,11,18H2,1-5H3,(H,19,20). The van der Waals surface area contributed by atoms with Crippen LogP contribution in [0.25, 0.3) is 0 Å². The number of methoxy groups -OCH3 is 1. The van der Waals surface area contributed by atoms with Gasteiger partial charge in [0.1, 0.15) is 5.75 Å². The number of rotatable bonds is 6. The summed E-state index contributed by atoms with van der Waals surface area (Å²) in [5.41, 5.74) is 7.57. The summed E-state index contributed by atoms with van der Waals surface area (Å²) >= 11 is 0. The number of hydrogen-bond donors (Lipinski definition) is 2. The summed E-state index contributed by atoms with van der Waals surface area (Å²) < 4.78 is 5.34. The molecule has 1 aromatic carbocycles. The average molecular weight is 292 g/mol. The first kappa shape index (κ1) is 17.5. The van der Waals surface area contributed by atoms with Gasteiger partial charge < -0.3 is 15.8 Å². The maximum atomic E-state index is 12.3. The van der Waals surface area contributed by atoms with Crippen LogP contribution in [-0.2, 0) is 10.2 Å². The molecular formula is C17H28N2O2. The van der Waals surface area contributed by atoms with Gasteiger partial charge in [-0.3, -0.25) is 4.79 Å². The van der Waals surface area contributed by atoms with Gasteiger partial charge in [0.15, 0.2) is 0 Å². The average Bonchev–Trinajstić information content (AvgIpc) is 2.43. The van der Waals surface area contributed by atoms with E-state index >= 15 is 0 Å². The highest BCUT2D eigenvalue weighted by molar-refractivity contribution is 5.94. The third kappa shape index (κ3) is 4.74. The second kappa shape index (κ2) is 7.46. The highest BCUT2D eigenvalue weighted by atomic mass is 16.5. The first-order valence-electron chi connectivity index (χ1n) is 7.53. The Kier molecular flexibility index (Phi) is 6.21. The number of amides is 1. The largest absolute Gasteiger partial charge is 0.495 e. The molecule has 0 aliphatic carbocycles. The molecule has 1 aromatic rings. The van der Waals surface area contributed by atoms with Crippen LogP contribution in [-0.4, -0.2) is 19.6 Å². The number of ether oxygens (including phenoxy) is 1. The van der Waals surface area contributed by atoms with Crippen molar-refractivity contribution in [3.8, 4) is 5.75 Å². The van der Waals surface area contributed by atoms with Gasteiger partial charge in [0.05, 0.1) is 18.7 Å². The molecule has 21 heavy (non-hydrogen) atoms. The predicted octanol–water partition coefficient (Wildman–Crippen LogP) is 3.31. The summed E-state index contributed by atoms with van der Waals surface area (Å²) in [5.74, 6) is 0.477. The Labute approximate surface area is 128 Å². The van der Waals surface area contributed by atoms with Crippen LogP contribution in [0.1, 0.15) is 46.1 Å². The van der Waals surface area contributed by atoms with Crippen molar-refractivity contribution in [1.29, 1.82) is 0 Å². The number of nitrogens with two attached hydrogens (primary N) is 1. The fraction of sp³-hybridized carbons (Fsp3) is 0.588. The van der Waals surface area contributed by atoms with Crippen molar-refractivity contribution in [2.24, 2.45) is 11.7 Å². The minimum Gasteiger partial charge on any atom is -0.495 e. The molecule has 0 spiro atoms. The normalized spacial score (nSPS) is 12.9. The van der Waals surface area contributed by atoms with Crippen LogP contribution in [0, 0.1) is 5.92 Å². The van der Waals surface area contributed by atoms with E-state index in [0.717, 1.165) is 18.4 Å². The van der Waals surface area contributed by atoms with E-state index in [-0.39, 0.29) is 17.2 Å². The van der Waals surface area contributed by atoms with E-state index in [1.54, 1.807) is 7.11 Å². The molecule has 0 bridgehead atoms. The summed E-state index contributed by atoms with van der Waals surface area (Å²) in [6.45, 7) is 8.83. The highest BCUT2D eigenvalue weighted by Gasteiger charge is 2.20. The van der Waals surface area contributed by atoms with E-state index in [1.807, 2.05) is 18.2 Å². The molecule has 0 heterocycles. The second-order valence-electron chi connectivity index (χ2n) is 6.38. The quantitative estimate of drug-likeness (QED) is 0.845. The molecule has 3 N–H and O–H groups in total. The molecule has 0 saturated heterocycles. The third-order valence-electron chi connectivity index (χ3n) is 3.62. The van der Waals surface area contributed by atoms with Crippen molar-refractivity contribution in [2.75, 3.05) is 19.0 Å². The van der Waals surface area contributed by atoms with Crippen LogP contribution >= 0.6 is 0 Å². The molecule has 1 atom stereocenters. The summed E-state index contributed by atoms with van der Waals surface area (Å²) in [5, 5.41) is 2.97. The topological polar surface area (TPSA) is 64.4 Å².